The van der Waals surface area contributed by atoms with E-state index in [0.717, 1.165) is 31.6 Å². The summed E-state index contributed by atoms with van der Waals surface area (Å²) in [6.07, 6.45) is 9.35. The lowest BCUT2D eigenvalue weighted by molar-refractivity contribution is -0.0801. The third kappa shape index (κ3) is 4.18. The predicted molar refractivity (Wildman–Crippen MR) is 137 cm³/mol. The van der Waals surface area contributed by atoms with Crippen molar-refractivity contribution >= 4 is 5.91 Å². The highest BCUT2D eigenvalue weighted by Crippen LogP contribution is 2.63. The van der Waals surface area contributed by atoms with Crippen LogP contribution in [0.5, 0.6) is 11.5 Å². The number of benzene rings is 1. The highest BCUT2D eigenvalue weighted by atomic mass is 16.7. The van der Waals surface area contributed by atoms with Gasteiger partial charge >= 0.3 is 0 Å². The van der Waals surface area contributed by atoms with Crippen LogP contribution < -0.4 is 14.8 Å². The lowest BCUT2D eigenvalue weighted by Crippen LogP contribution is -2.53. The number of rotatable bonds is 6. The summed E-state index contributed by atoms with van der Waals surface area (Å²) in [6.45, 7) is 12.8. The summed E-state index contributed by atoms with van der Waals surface area (Å²) in [5, 5.41) is 13.8. The number of amides is 1. The van der Waals surface area contributed by atoms with Gasteiger partial charge in [0.2, 0.25) is 6.79 Å². The fourth-order valence-corrected chi connectivity index (χ4v) is 8.30. The van der Waals surface area contributed by atoms with Crippen LogP contribution in [0.2, 0.25) is 0 Å². The second kappa shape index (κ2) is 9.46. The highest BCUT2D eigenvalue weighted by Gasteiger charge is 2.56. The van der Waals surface area contributed by atoms with Crippen LogP contribution in [0, 0.1) is 40.4 Å². The number of fused-ring (bicyclic) bond motifs is 2. The Morgan fingerprint density at radius 2 is 1.94 bits per heavy atom. The quantitative estimate of drug-likeness (QED) is 0.491. The molecule has 2 N–H and O–H groups in total. The normalized spacial score (nSPS) is 38.3. The molecule has 4 aliphatic rings. The summed E-state index contributed by atoms with van der Waals surface area (Å²) in [7, 11) is 0. The SMILES string of the molecule is C=C1CCC2C(CNC(=O)c3ccc4c(c3)OCO4)C(C3(C)CCC(CC)CC3CO)CCC12C. The summed E-state index contributed by atoms with van der Waals surface area (Å²) in [5.74, 6) is 3.77. The molecule has 192 valence electrons. The molecule has 7 unspecified atom stereocenters. The smallest absolute Gasteiger partial charge is 0.251 e. The predicted octanol–water partition coefficient (Wildman–Crippen LogP) is 5.97. The second-order valence-electron chi connectivity index (χ2n) is 12.2. The first-order valence-corrected chi connectivity index (χ1v) is 13.8. The molecule has 5 rings (SSSR count). The van der Waals surface area contributed by atoms with E-state index in [2.05, 4.69) is 32.7 Å². The minimum Gasteiger partial charge on any atom is -0.454 e. The molecule has 7 atom stereocenters. The number of nitrogens with one attached hydrogen (secondary N) is 1. The van der Waals surface area contributed by atoms with Crippen LogP contribution in [0.3, 0.4) is 0 Å². The Morgan fingerprint density at radius 3 is 2.71 bits per heavy atom. The molecular weight excluding hydrogens is 438 g/mol. The molecule has 3 saturated carbocycles. The van der Waals surface area contributed by atoms with E-state index in [9.17, 15) is 9.90 Å². The minimum absolute atomic E-state index is 0.0512. The van der Waals surface area contributed by atoms with Crippen LogP contribution in [0.1, 0.15) is 82.5 Å². The van der Waals surface area contributed by atoms with Crippen LogP contribution in [0.25, 0.3) is 0 Å². The van der Waals surface area contributed by atoms with E-state index in [0.29, 0.717) is 47.3 Å². The van der Waals surface area contributed by atoms with Crippen LogP contribution in [0.15, 0.2) is 30.4 Å². The van der Waals surface area contributed by atoms with Gasteiger partial charge in [0.25, 0.3) is 5.91 Å². The Labute approximate surface area is 210 Å². The number of aliphatic hydroxyl groups is 1. The van der Waals surface area contributed by atoms with E-state index < -0.39 is 0 Å². The summed E-state index contributed by atoms with van der Waals surface area (Å²) >= 11 is 0. The van der Waals surface area contributed by atoms with Gasteiger partial charge in [-0.05, 0) is 104 Å². The topological polar surface area (TPSA) is 67.8 Å². The van der Waals surface area contributed by atoms with Crippen molar-refractivity contribution in [3.63, 3.8) is 0 Å². The number of allylic oxidation sites excluding steroid dienone is 1. The van der Waals surface area contributed by atoms with Gasteiger partial charge in [0.15, 0.2) is 11.5 Å². The van der Waals surface area contributed by atoms with Crippen molar-refractivity contribution < 1.29 is 19.4 Å². The first-order valence-electron chi connectivity index (χ1n) is 13.8. The van der Waals surface area contributed by atoms with Crippen molar-refractivity contribution in [1.82, 2.24) is 5.32 Å². The van der Waals surface area contributed by atoms with Crippen molar-refractivity contribution in [2.45, 2.75) is 72.1 Å². The maximum absolute atomic E-state index is 13.2. The maximum Gasteiger partial charge on any atom is 0.251 e. The van der Waals surface area contributed by atoms with Gasteiger partial charge in [0.1, 0.15) is 0 Å². The van der Waals surface area contributed by atoms with E-state index in [1.807, 2.05) is 12.1 Å². The Morgan fingerprint density at radius 1 is 1.14 bits per heavy atom. The molecule has 1 amide bonds. The molecule has 0 saturated heterocycles. The van der Waals surface area contributed by atoms with Crippen LogP contribution in [-0.2, 0) is 0 Å². The van der Waals surface area contributed by atoms with Crippen LogP contribution in [0.4, 0.5) is 0 Å². The van der Waals surface area contributed by atoms with E-state index in [-0.39, 0.29) is 30.1 Å². The molecule has 35 heavy (non-hydrogen) atoms. The number of hydrogen-bond donors (Lipinski definition) is 2. The first kappa shape index (κ1) is 24.7. The standard InChI is InChI=1S/C30H43NO4/c1-5-20-10-12-30(4,22(14-20)17-32)25-11-13-29(3)19(2)6-8-24(29)23(25)16-31-28(33)21-7-9-26-27(15-21)35-18-34-26/h7,9,15,20,22-25,32H,2,5-6,8,10-14,16-18H2,1,3-4H3,(H,31,33). The summed E-state index contributed by atoms with van der Waals surface area (Å²) < 4.78 is 10.9. The van der Waals surface area contributed by atoms with Crippen molar-refractivity contribution in [3.05, 3.63) is 35.9 Å². The molecule has 5 nitrogen and oxygen atoms in total. The lowest BCUT2D eigenvalue weighted by Gasteiger charge is -2.57. The van der Waals surface area contributed by atoms with Gasteiger partial charge in [-0.2, -0.15) is 0 Å². The molecule has 0 spiro atoms. The molecule has 3 fully saturated rings. The monoisotopic (exact) mass is 481 g/mol. The fourth-order valence-electron chi connectivity index (χ4n) is 8.30. The van der Waals surface area contributed by atoms with Gasteiger partial charge in [-0.3, -0.25) is 4.79 Å². The molecule has 1 heterocycles. The highest BCUT2D eigenvalue weighted by molar-refractivity contribution is 5.94. The number of carbonyl (C=O) groups is 1. The third-order valence-electron chi connectivity index (χ3n) is 10.8. The lowest BCUT2D eigenvalue weighted by atomic mass is 9.48. The van der Waals surface area contributed by atoms with Crippen molar-refractivity contribution in [2.24, 2.45) is 40.4 Å². The van der Waals surface area contributed by atoms with Crippen LogP contribution in [-0.4, -0.2) is 31.0 Å². The van der Waals surface area contributed by atoms with Gasteiger partial charge in [-0.1, -0.05) is 39.3 Å². The molecule has 0 aromatic heterocycles. The number of carbonyl (C=O) groups excluding carboxylic acids is 1. The maximum atomic E-state index is 13.2. The van der Waals surface area contributed by atoms with Crippen molar-refractivity contribution in [3.8, 4) is 11.5 Å². The van der Waals surface area contributed by atoms with E-state index >= 15 is 0 Å². The Hall–Kier alpha value is -2.01. The number of aliphatic hydroxyl groups excluding tert-OH is 1. The van der Waals surface area contributed by atoms with Gasteiger partial charge in [-0.25, -0.2) is 0 Å². The largest absolute Gasteiger partial charge is 0.454 e. The summed E-state index contributed by atoms with van der Waals surface area (Å²) in [4.78, 5) is 13.2. The number of ether oxygens (including phenoxy) is 2. The average molecular weight is 482 g/mol. The van der Waals surface area contributed by atoms with E-state index in [1.165, 1.54) is 31.3 Å². The van der Waals surface area contributed by atoms with Gasteiger partial charge in [0.05, 0.1) is 0 Å². The molecular formula is C30H43NO4. The van der Waals surface area contributed by atoms with Crippen molar-refractivity contribution in [2.75, 3.05) is 19.9 Å². The van der Waals surface area contributed by atoms with E-state index in [4.69, 9.17) is 9.47 Å². The van der Waals surface area contributed by atoms with Crippen molar-refractivity contribution in [1.29, 1.82) is 0 Å². The zero-order valence-corrected chi connectivity index (χ0v) is 21.8. The first-order chi connectivity index (χ1) is 16.8. The zero-order chi connectivity index (χ0) is 24.8. The van der Waals surface area contributed by atoms with E-state index in [1.54, 1.807) is 6.07 Å². The van der Waals surface area contributed by atoms with Gasteiger partial charge < -0.3 is 19.9 Å². The average Bonchev–Trinajstić information content (AvgIpc) is 3.46. The Bertz CT molecular complexity index is 975. The Balaban J connectivity index is 1.39. The molecule has 1 aromatic carbocycles. The molecule has 1 aliphatic heterocycles. The fraction of sp³-hybridized carbons (Fsp3) is 0.700. The number of hydrogen-bond acceptors (Lipinski definition) is 4. The molecule has 5 heteroatoms. The second-order valence-corrected chi connectivity index (χ2v) is 12.2. The molecule has 1 aromatic rings. The minimum atomic E-state index is -0.0512. The van der Waals surface area contributed by atoms with Gasteiger partial charge in [-0.15, -0.1) is 0 Å². The zero-order valence-electron chi connectivity index (χ0n) is 21.8. The molecule has 0 bridgehead atoms. The van der Waals surface area contributed by atoms with Gasteiger partial charge in [0, 0.05) is 18.7 Å². The summed E-state index contributed by atoms with van der Waals surface area (Å²) in [5.41, 5.74) is 2.28. The summed E-state index contributed by atoms with van der Waals surface area (Å²) in [6, 6.07) is 5.42. The Kier molecular flexibility index (Phi) is 6.67. The molecule has 0 radical (unpaired) electrons. The third-order valence-corrected chi connectivity index (χ3v) is 10.8. The van der Waals surface area contributed by atoms with Crippen LogP contribution >= 0.6 is 0 Å². The molecule has 3 aliphatic carbocycles.